The number of ether oxygens (including phenoxy) is 4. The molecule has 0 bridgehead atoms. The second-order valence-electron chi connectivity index (χ2n) is 8.91. The van der Waals surface area contributed by atoms with E-state index in [9.17, 15) is 4.79 Å². The summed E-state index contributed by atoms with van der Waals surface area (Å²) >= 11 is 1.64. The minimum absolute atomic E-state index is 0.215. The maximum absolute atomic E-state index is 13.0. The van der Waals surface area contributed by atoms with Crippen molar-refractivity contribution in [1.29, 1.82) is 0 Å². The number of fused-ring (bicyclic) bond motifs is 1. The Bertz CT molecular complexity index is 1190. The summed E-state index contributed by atoms with van der Waals surface area (Å²) in [5.41, 5.74) is 2.04. The van der Waals surface area contributed by atoms with Crippen LogP contribution in [0.4, 0.5) is 10.8 Å². The van der Waals surface area contributed by atoms with Gasteiger partial charge in [0.15, 0.2) is 16.6 Å². The molecule has 1 amide bonds. The van der Waals surface area contributed by atoms with Crippen LogP contribution in [0.3, 0.4) is 0 Å². The summed E-state index contributed by atoms with van der Waals surface area (Å²) in [6.07, 6.45) is 2.27. The molecule has 1 N–H and O–H groups in total. The summed E-state index contributed by atoms with van der Waals surface area (Å²) < 4.78 is 22.6. The van der Waals surface area contributed by atoms with Gasteiger partial charge in [0.05, 0.1) is 44.8 Å². The Morgan fingerprint density at radius 3 is 2.33 bits per heavy atom. The summed E-state index contributed by atoms with van der Waals surface area (Å²) in [5, 5.41) is 3.96. The molecule has 2 fully saturated rings. The van der Waals surface area contributed by atoms with Crippen LogP contribution in [0.5, 0.6) is 17.2 Å². The van der Waals surface area contributed by atoms with Gasteiger partial charge in [-0.15, -0.1) is 0 Å². The van der Waals surface area contributed by atoms with E-state index in [0.29, 0.717) is 34.5 Å². The van der Waals surface area contributed by atoms with Crippen molar-refractivity contribution in [3.05, 3.63) is 35.9 Å². The maximum atomic E-state index is 13.0. The lowest BCUT2D eigenvalue weighted by molar-refractivity contribution is 0.0115. The number of benzene rings is 2. The second-order valence-corrected chi connectivity index (χ2v) is 9.92. The van der Waals surface area contributed by atoms with Crippen LogP contribution >= 0.6 is 11.3 Å². The summed E-state index contributed by atoms with van der Waals surface area (Å²) in [7, 11) is 4.64. The predicted molar refractivity (Wildman–Crippen MR) is 141 cm³/mol. The highest BCUT2D eigenvalue weighted by Crippen LogP contribution is 2.40. The van der Waals surface area contributed by atoms with E-state index in [-0.39, 0.29) is 5.91 Å². The summed E-state index contributed by atoms with van der Waals surface area (Å²) in [6.45, 7) is 5.74. The third-order valence-electron chi connectivity index (χ3n) is 6.86. The molecule has 0 spiro atoms. The fourth-order valence-corrected chi connectivity index (χ4v) is 5.97. The molecule has 3 heterocycles. The Morgan fingerprint density at radius 1 is 1.00 bits per heavy atom. The van der Waals surface area contributed by atoms with Gasteiger partial charge in [-0.25, -0.2) is 4.98 Å². The third-order valence-corrected chi connectivity index (χ3v) is 7.94. The van der Waals surface area contributed by atoms with E-state index in [2.05, 4.69) is 15.1 Å². The number of hydrogen-bond donors (Lipinski definition) is 1. The average Bonchev–Trinajstić information content (AvgIpc) is 3.36. The fourth-order valence-electron chi connectivity index (χ4n) is 4.91. The number of rotatable bonds is 7. The molecule has 0 atom stereocenters. The van der Waals surface area contributed by atoms with Gasteiger partial charge in [-0.2, -0.15) is 0 Å². The Labute approximate surface area is 214 Å². The molecule has 3 aromatic rings. The van der Waals surface area contributed by atoms with Crippen molar-refractivity contribution in [1.82, 2.24) is 9.88 Å². The number of hydrogen-bond acceptors (Lipinski definition) is 9. The van der Waals surface area contributed by atoms with Crippen LogP contribution < -0.4 is 24.4 Å². The van der Waals surface area contributed by atoms with E-state index >= 15 is 0 Å². The minimum atomic E-state index is -0.215. The Kier molecular flexibility index (Phi) is 7.45. The van der Waals surface area contributed by atoms with E-state index in [1.807, 2.05) is 18.2 Å². The number of nitrogens with zero attached hydrogens (tertiary/aromatic N) is 3. The van der Waals surface area contributed by atoms with Crippen LogP contribution in [-0.4, -0.2) is 82.6 Å². The van der Waals surface area contributed by atoms with Gasteiger partial charge in [0, 0.05) is 55.6 Å². The van der Waals surface area contributed by atoms with Gasteiger partial charge in [-0.05, 0) is 31.0 Å². The molecule has 2 aromatic carbocycles. The summed E-state index contributed by atoms with van der Waals surface area (Å²) in [6, 6.07) is 9.69. The zero-order valence-electron chi connectivity index (χ0n) is 20.9. The zero-order chi connectivity index (χ0) is 25.1. The molecule has 0 aliphatic carbocycles. The predicted octanol–water partition coefficient (Wildman–Crippen LogP) is 3.88. The standard InChI is InChI=1S/C26H32N4O5S/c1-32-21-15-18(16-22(33-2)24(21)34-3)27-25(31)17-4-5-20-23(14-17)36-26(28-20)30-8-6-19(7-9-30)29-10-12-35-13-11-29/h4-5,14-16,19H,6-13H2,1-3H3,(H,27,31). The quantitative estimate of drug-likeness (QED) is 0.511. The number of thiazole rings is 1. The van der Waals surface area contributed by atoms with Crippen LogP contribution in [0.15, 0.2) is 30.3 Å². The zero-order valence-corrected chi connectivity index (χ0v) is 21.7. The van der Waals surface area contributed by atoms with E-state index < -0.39 is 0 Å². The molecular weight excluding hydrogens is 480 g/mol. The van der Waals surface area contributed by atoms with Crippen molar-refractivity contribution in [2.45, 2.75) is 18.9 Å². The number of piperidine rings is 1. The van der Waals surface area contributed by atoms with E-state index in [1.165, 1.54) is 0 Å². The average molecular weight is 513 g/mol. The van der Waals surface area contributed by atoms with Crippen LogP contribution in [-0.2, 0) is 4.74 Å². The number of amides is 1. The molecule has 192 valence electrons. The van der Waals surface area contributed by atoms with Crippen molar-refractivity contribution >= 4 is 38.3 Å². The molecule has 0 radical (unpaired) electrons. The number of anilines is 2. The van der Waals surface area contributed by atoms with Crippen molar-refractivity contribution in [2.24, 2.45) is 0 Å². The Morgan fingerprint density at radius 2 is 1.69 bits per heavy atom. The second kappa shape index (κ2) is 10.9. The summed E-state index contributed by atoms with van der Waals surface area (Å²) in [5.74, 6) is 1.22. The number of carbonyl (C=O) groups is 1. The van der Waals surface area contributed by atoms with Gasteiger partial charge in [-0.1, -0.05) is 11.3 Å². The van der Waals surface area contributed by atoms with Crippen molar-refractivity contribution in [2.75, 3.05) is 70.9 Å². The monoisotopic (exact) mass is 512 g/mol. The largest absolute Gasteiger partial charge is 0.493 e. The van der Waals surface area contributed by atoms with Gasteiger partial charge in [0.2, 0.25) is 5.75 Å². The first-order chi connectivity index (χ1) is 17.6. The maximum Gasteiger partial charge on any atom is 0.255 e. The molecule has 5 rings (SSSR count). The summed E-state index contributed by atoms with van der Waals surface area (Å²) in [4.78, 5) is 22.8. The molecule has 2 saturated heterocycles. The molecular formula is C26H32N4O5S. The number of aromatic nitrogens is 1. The highest BCUT2D eigenvalue weighted by atomic mass is 32.1. The van der Waals surface area contributed by atoms with Crippen molar-refractivity contribution < 1.29 is 23.7 Å². The smallest absolute Gasteiger partial charge is 0.255 e. The molecule has 36 heavy (non-hydrogen) atoms. The van der Waals surface area contributed by atoms with Crippen LogP contribution in [0, 0.1) is 0 Å². The Hall–Kier alpha value is -3.08. The fraction of sp³-hybridized carbons (Fsp3) is 0.462. The van der Waals surface area contributed by atoms with Gasteiger partial charge in [0.1, 0.15) is 0 Å². The van der Waals surface area contributed by atoms with E-state index in [4.69, 9.17) is 23.9 Å². The van der Waals surface area contributed by atoms with Gasteiger partial charge < -0.3 is 29.2 Å². The molecule has 2 aliphatic rings. The van der Waals surface area contributed by atoms with Gasteiger partial charge >= 0.3 is 0 Å². The lowest BCUT2D eigenvalue weighted by atomic mass is 10.0. The normalized spacial score (nSPS) is 17.2. The van der Waals surface area contributed by atoms with Crippen molar-refractivity contribution in [3.63, 3.8) is 0 Å². The van der Waals surface area contributed by atoms with Gasteiger partial charge in [0.25, 0.3) is 5.91 Å². The lowest BCUT2D eigenvalue weighted by Gasteiger charge is -2.40. The lowest BCUT2D eigenvalue weighted by Crippen LogP contribution is -2.49. The van der Waals surface area contributed by atoms with Gasteiger partial charge in [-0.3, -0.25) is 9.69 Å². The molecule has 10 heteroatoms. The minimum Gasteiger partial charge on any atom is -0.493 e. The molecule has 2 aliphatic heterocycles. The molecule has 0 unspecified atom stereocenters. The van der Waals surface area contributed by atoms with Crippen molar-refractivity contribution in [3.8, 4) is 17.2 Å². The number of carbonyl (C=O) groups excluding carboxylic acids is 1. The first-order valence-electron chi connectivity index (χ1n) is 12.2. The van der Waals surface area contributed by atoms with Crippen LogP contribution in [0.1, 0.15) is 23.2 Å². The topological polar surface area (TPSA) is 85.4 Å². The SMILES string of the molecule is COc1cc(NC(=O)c2ccc3nc(N4CCC(N5CCOCC5)CC4)sc3c2)cc(OC)c1OC. The van der Waals surface area contributed by atoms with Crippen LogP contribution in [0.25, 0.3) is 10.2 Å². The first-order valence-corrected chi connectivity index (χ1v) is 13.0. The number of methoxy groups -OCH3 is 3. The number of morpholine rings is 1. The third kappa shape index (κ3) is 5.07. The van der Waals surface area contributed by atoms with E-state index in [1.54, 1.807) is 44.8 Å². The molecule has 9 nitrogen and oxygen atoms in total. The van der Waals surface area contributed by atoms with Crippen LogP contribution in [0.2, 0.25) is 0 Å². The first kappa shape index (κ1) is 24.6. The highest BCUT2D eigenvalue weighted by Gasteiger charge is 2.27. The molecule has 0 saturated carbocycles. The van der Waals surface area contributed by atoms with E-state index in [0.717, 1.165) is 67.6 Å². The molecule has 1 aromatic heterocycles. The highest BCUT2D eigenvalue weighted by molar-refractivity contribution is 7.22. The Balaban J connectivity index is 1.27. The number of nitrogens with one attached hydrogen (secondary N) is 1.